The van der Waals surface area contributed by atoms with Gasteiger partial charge in [-0.15, -0.1) is 0 Å². The van der Waals surface area contributed by atoms with Gasteiger partial charge in [-0.25, -0.2) is 4.39 Å². The summed E-state index contributed by atoms with van der Waals surface area (Å²) in [6.45, 7) is 2.33. The van der Waals surface area contributed by atoms with E-state index in [-0.39, 0.29) is 42.3 Å². The summed E-state index contributed by atoms with van der Waals surface area (Å²) < 4.78 is 13.7. The normalized spacial score (nSPS) is 32.6. The van der Waals surface area contributed by atoms with Gasteiger partial charge in [0.15, 0.2) is 0 Å². The van der Waals surface area contributed by atoms with Gasteiger partial charge in [-0.05, 0) is 75.6 Å². The number of fused-ring (bicyclic) bond motifs is 3. The zero-order valence-corrected chi connectivity index (χ0v) is 19.7. The number of likely N-dealkylation sites (tertiary alicyclic amines) is 1. The third kappa shape index (κ3) is 4.38. The van der Waals surface area contributed by atoms with E-state index in [2.05, 4.69) is 27.7 Å². The molecule has 6 rings (SSSR count). The molecule has 1 aromatic rings. The van der Waals surface area contributed by atoms with Crippen LogP contribution in [0.25, 0.3) is 0 Å². The van der Waals surface area contributed by atoms with E-state index >= 15 is 0 Å². The van der Waals surface area contributed by atoms with Gasteiger partial charge in [-0.1, -0.05) is 0 Å². The highest BCUT2D eigenvalue weighted by Crippen LogP contribution is 2.52. The van der Waals surface area contributed by atoms with Crippen molar-refractivity contribution >= 4 is 23.2 Å². The molecular formula is C26H34FN5O2. The highest BCUT2D eigenvalue weighted by atomic mass is 19.1. The number of halogens is 1. The SMILES string of the molecule is N#CC1CC(F)CN1C(=O)CNC12CCC(C(=O)Nc3ccc(N4CCCC4)cc3)(CC1)CC2. The number of rotatable bonds is 6. The van der Waals surface area contributed by atoms with Crippen molar-refractivity contribution in [1.82, 2.24) is 10.2 Å². The minimum atomic E-state index is -1.12. The molecule has 3 saturated carbocycles. The molecule has 5 aliphatic rings. The van der Waals surface area contributed by atoms with E-state index < -0.39 is 12.2 Å². The molecular weight excluding hydrogens is 433 g/mol. The molecule has 7 nitrogen and oxygen atoms in total. The molecule has 3 aliphatic carbocycles. The van der Waals surface area contributed by atoms with Crippen LogP contribution < -0.4 is 15.5 Å². The van der Waals surface area contributed by atoms with Crippen LogP contribution in [0.1, 0.15) is 57.8 Å². The summed E-state index contributed by atoms with van der Waals surface area (Å²) in [5.41, 5.74) is 1.57. The van der Waals surface area contributed by atoms with Gasteiger partial charge in [-0.2, -0.15) is 5.26 Å². The van der Waals surface area contributed by atoms with E-state index in [1.807, 2.05) is 18.2 Å². The summed E-state index contributed by atoms with van der Waals surface area (Å²) in [6, 6.07) is 9.56. The lowest BCUT2D eigenvalue weighted by Crippen LogP contribution is -2.59. The molecule has 2 bridgehead atoms. The van der Waals surface area contributed by atoms with E-state index in [1.165, 1.54) is 23.4 Å². The standard InChI is InChI=1S/C26H34FN5O2/c27-19-15-22(16-28)32(18-19)23(33)17-29-26-10-7-25(8-11-26,9-12-26)24(34)30-20-3-5-21(6-4-20)31-13-1-2-14-31/h3-6,19,22,29H,1-2,7-15,17-18H2,(H,30,34). The first kappa shape index (κ1) is 23.1. The first-order chi connectivity index (χ1) is 16.4. The summed E-state index contributed by atoms with van der Waals surface area (Å²) in [4.78, 5) is 29.6. The Morgan fingerprint density at radius 3 is 2.32 bits per heavy atom. The van der Waals surface area contributed by atoms with Crippen molar-refractivity contribution in [1.29, 1.82) is 5.26 Å². The van der Waals surface area contributed by atoms with Gasteiger partial charge in [0.25, 0.3) is 0 Å². The number of nitrogens with one attached hydrogen (secondary N) is 2. The lowest BCUT2D eigenvalue weighted by atomic mass is 9.57. The van der Waals surface area contributed by atoms with E-state index in [1.54, 1.807) is 0 Å². The van der Waals surface area contributed by atoms with Crippen LogP contribution in [-0.2, 0) is 9.59 Å². The molecule has 2 atom stereocenters. The maximum absolute atomic E-state index is 13.7. The largest absolute Gasteiger partial charge is 0.372 e. The van der Waals surface area contributed by atoms with E-state index in [0.29, 0.717) is 0 Å². The zero-order chi connectivity index (χ0) is 23.8. The summed E-state index contributed by atoms with van der Waals surface area (Å²) in [5, 5.41) is 15.8. The third-order valence-electron chi connectivity index (χ3n) is 8.66. The van der Waals surface area contributed by atoms with Crippen LogP contribution in [0.3, 0.4) is 0 Å². The third-order valence-corrected chi connectivity index (χ3v) is 8.66. The Hall–Kier alpha value is -2.66. The fourth-order valence-corrected chi connectivity index (χ4v) is 6.33. The van der Waals surface area contributed by atoms with Gasteiger partial charge in [0.1, 0.15) is 12.2 Å². The minimum absolute atomic E-state index is 0.00797. The topological polar surface area (TPSA) is 88.5 Å². The average molecular weight is 468 g/mol. The smallest absolute Gasteiger partial charge is 0.237 e. The summed E-state index contributed by atoms with van der Waals surface area (Å²) in [6.07, 6.45) is 6.37. The first-order valence-electron chi connectivity index (χ1n) is 12.7. The molecule has 0 aromatic heterocycles. The molecule has 5 fully saturated rings. The maximum Gasteiger partial charge on any atom is 0.237 e. The Kier molecular flexibility index (Phi) is 6.24. The summed E-state index contributed by atoms with van der Waals surface area (Å²) in [5.74, 6) is -0.104. The number of hydrogen-bond acceptors (Lipinski definition) is 5. The molecule has 8 heteroatoms. The number of benzene rings is 1. The molecule has 2 N–H and O–H groups in total. The van der Waals surface area contributed by atoms with Crippen molar-refractivity contribution in [2.75, 3.05) is 36.4 Å². The molecule has 2 aliphatic heterocycles. The highest BCUT2D eigenvalue weighted by Gasteiger charge is 2.52. The molecule has 2 saturated heterocycles. The molecule has 0 radical (unpaired) electrons. The lowest BCUT2D eigenvalue weighted by molar-refractivity contribution is -0.135. The highest BCUT2D eigenvalue weighted by molar-refractivity contribution is 5.95. The van der Waals surface area contributed by atoms with Crippen molar-refractivity contribution in [2.45, 2.75) is 75.5 Å². The fourth-order valence-electron chi connectivity index (χ4n) is 6.33. The Labute approximate surface area is 200 Å². The van der Waals surface area contributed by atoms with Gasteiger partial charge in [0.2, 0.25) is 11.8 Å². The van der Waals surface area contributed by atoms with E-state index in [9.17, 15) is 19.2 Å². The molecule has 2 unspecified atom stereocenters. The van der Waals surface area contributed by atoms with Crippen LogP contribution in [0.4, 0.5) is 15.8 Å². The number of nitrogens with zero attached hydrogens (tertiary/aromatic N) is 3. The van der Waals surface area contributed by atoms with Crippen molar-refractivity contribution in [3.63, 3.8) is 0 Å². The van der Waals surface area contributed by atoms with Crippen LogP contribution in [0.5, 0.6) is 0 Å². The lowest BCUT2D eigenvalue weighted by Gasteiger charge is -2.52. The van der Waals surface area contributed by atoms with Crippen LogP contribution in [-0.4, -0.2) is 60.6 Å². The zero-order valence-electron chi connectivity index (χ0n) is 19.7. The molecule has 34 heavy (non-hydrogen) atoms. The van der Waals surface area contributed by atoms with E-state index in [4.69, 9.17) is 0 Å². The van der Waals surface area contributed by atoms with Gasteiger partial charge >= 0.3 is 0 Å². The van der Waals surface area contributed by atoms with Crippen LogP contribution in [0, 0.1) is 16.7 Å². The predicted octanol–water partition coefficient (Wildman–Crippen LogP) is 3.37. The molecule has 0 spiro atoms. The van der Waals surface area contributed by atoms with Crippen LogP contribution >= 0.6 is 0 Å². The number of alkyl halides is 1. The average Bonchev–Trinajstić information content (AvgIpc) is 3.54. The second-order valence-electron chi connectivity index (χ2n) is 10.6. The Bertz CT molecular complexity index is 944. The Morgan fingerprint density at radius 2 is 1.71 bits per heavy atom. The second kappa shape index (κ2) is 9.18. The predicted molar refractivity (Wildman–Crippen MR) is 128 cm³/mol. The Morgan fingerprint density at radius 1 is 1.06 bits per heavy atom. The number of anilines is 2. The quantitative estimate of drug-likeness (QED) is 0.670. The number of carbonyl (C=O) groups excluding carboxylic acids is 2. The number of nitriles is 1. The maximum atomic E-state index is 13.7. The second-order valence-corrected chi connectivity index (χ2v) is 10.6. The molecule has 1 aromatic carbocycles. The Balaban J connectivity index is 1.14. The van der Waals surface area contributed by atoms with Crippen LogP contribution in [0.15, 0.2) is 24.3 Å². The summed E-state index contributed by atoms with van der Waals surface area (Å²) in [7, 11) is 0. The number of amides is 2. The van der Waals surface area contributed by atoms with Gasteiger partial charge < -0.3 is 20.4 Å². The number of hydrogen-bond donors (Lipinski definition) is 2. The van der Waals surface area contributed by atoms with E-state index in [0.717, 1.165) is 57.3 Å². The van der Waals surface area contributed by atoms with Crippen LogP contribution in [0.2, 0.25) is 0 Å². The molecule has 2 heterocycles. The van der Waals surface area contributed by atoms with Gasteiger partial charge in [-0.3, -0.25) is 9.59 Å². The van der Waals surface area contributed by atoms with Gasteiger partial charge in [0, 0.05) is 41.8 Å². The van der Waals surface area contributed by atoms with Crippen molar-refractivity contribution in [2.24, 2.45) is 5.41 Å². The minimum Gasteiger partial charge on any atom is -0.372 e. The molecule has 182 valence electrons. The first-order valence-corrected chi connectivity index (χ1v) is 12.7. The number of carbonyl (C=O) groups is 2. The summed E-state index contributed by atoms with van der Waals surface area (Å²) >= 11 is 0. The molecule has 2 amide bonds. The van der Waals surface area contributed by atoms with Crippen molar-refractivity contribution in [3.8, 4) is 6.07 Å². The fraction of sp³-hybridized carbons (Fsp3) is 0.654. The van der Waals surface area contributed by atoms with Crippen molar-refractivity contribution in [3.05, 3.63) is 24.3 Å². The van der Waals surface area contributed by atoms with Crippen molar-refractivity contribution < 1.29 is 14.0 Å². The monoisotopic (exact) mass is 467 g/mol. The van der Waals surface area contributed by atoms with Gasteiger partial charge in [0.05, 0.1) is 19.2 Å².